The number of nitrogens with two attached hydrogens (primary N) is 1. The SMILES string of the molecule is NCC=CCOc1ccc(Cl)cc1Cl. The lowest BCUT2D eigenvalue weighted by molar-refractivity contribution is 0.363. The summed E-state index contributed by atoms with van der Waals surface area (Å²) in [5.74, 6) is 0.623. The molecule has 1 aromatic carbocycles. The van der Waals surface area contributed by atoms with E-state index in [9.17, 15) is 0 Å². The zero-order chi connectivity index (χ0) is 10.4. The second-order valence-corrected chi connectivity index (χ2v) is 3.44. The third-order valence-corrected chi connectivity index (χ3v) is 2.06. The van der Waals surface area contributed by atoms with Crippen LogP contribution in [0.25, 0.3) is 0 Å². The molecule has 0 spiro atoms. The highest BCUT2D eigenvalue weighted by molar-refractivity contribution is 6.35. The largest absolute Gasteiger partial charge is 0.488 e. The Kier molecular flexibility index (Phi) is 4.80. The van der Waals surface area contributed by atoms with Crippen molar-refractivity contribution in [2.45, 2.75) is 0 Å². The van der Waals surface area contributed by atoms with E-state index in [1.807, 2.05) is 12.2 Å². The van der Waals surface area contributed by atoms with Gasteiger partial charge >= 0.3 is 0 Å². The van der Waals surface area contributed by atoms with Gasteiger partial charge in [-0.2, -0.15) is 0 Å². The van der Waals surface area contributed by atoms with E-state index in [4.69, 9.17) is 33.7 Å². The molecule has 0 aliphatic carbocycles. The van der Waals surface area contributed by atoms with Crippen molar-refractivity contribution in [2.24, 2.45) is 5.73 Å². The van der Waals surface area contributed by atoms with Crippen molar-refractivity contribution >= 4 is 23.2 Å². The fraction of sp³-hybridized carbons (Fsp3) is 0.200. The Bertz CT molecular complexity index is 326. The molecule has 76 valence electrons. The lowest BCUT2D eigenvalue weighted by Gasteiger charge is -2.05. The molecule has 14 heavy (non-hydrogen) atoms. The van der Waals surface area contributed by atoms with Crippen molar-refractivity contribution in [3.8, 4) is 5.75 Å². The fourth-order valence-corrected chi connectivity index (χ4v) is 1.36. The quantitative estimate of drug-likeness (QED) is 0.810. The van der Waals surface area contributed by atoms with Gasteiger partial charge in [0.2, 0.25) is 0 Å². The van der Waals surface area contributed by atoms with Crippen LogP contribution in [0.15, 0.2) is 30.4 Å². The standard InChI is InChI=1S/C10H11Cl2NO/c11-8-3-4-10(9(12)7-8)14-6-2-1-5-13/h1-4,7H,5-6,13H2. The zero-order valence-corrected chi connectivity index (χ0v) is 9.05. The van der Waals surface area contributed by atoms with E-state index >= 15 is 0 Å². The molecule has 2 N–H and O–H groups in total. The minimum Gasteiger partial charge on any atom is -0.488 e. The first-order valence-electron chi connectivity index (χ1n) is 4.17. The van der Waals surface area contributed by atoms with E-state index in [2.05, 4.69) is 0 Å². The number of hydrogen-bond acceptors (Lipinski definition) is 2. The van der Waals surface area contributed by atoms with E-state index in [1.165, 1.54) is 0 Å². The first kappa shape index (κ1) is 11.4. The summed E-state index contributed by atoms with van der Waals surface area (Å²) in [5.41, 5.74) is 5.27. The van der Waals surface area contributed by atoms with Gasteiger partial charge in [0, 0.05) is 11.6 Å². The van der Waals surface area contributed by atoms with E-state index < -0.39 is 0 Å². The maximum Gasteiger partial charge on any atom is 0.138 e. The van der Waals surface area contributed by atoms with Crippen molar-refractivity contribution in [1.82, 2.24) is 0 Å². The maximum atomic E-state index is 5.88. The molecule has 1 rings (SSSR count). The normalized spacial score (nSPS) is 10.8. The Labute approximate surface area is 93.3 Å². The summed E-state index contributed by atoms with van der Waals surface area (Å²) in [6.07, 6.45) is 3.66. The lowest BCUT2D eigenvalue weighted by atomic mass is 10.3. The molecule has 0 saturated heterocycles. The van der Waals surface area contributed by atoms with Gasteiger partial charge in [-0.05, 0) is 18.2 Å². The molecule has 2 nitrogen and oxygen atoms in total. The van der Waals surface area contributed by atoms with Gasteiger partial charge in [0.25, 0.3) is 0 Å². The van der Waals surface area contributed by atoms with Gasteiger partial charge in [0.1, 0.15) is 12.4 Å². The second kappa shape index (κ2) is 5.91. The van der Waals surface area contributed by atoms with Crippen LogP contribution in [0.5, 0.6) is 5.75 Å². The van der Waals surface area contributed by atoms with Crippen molar-refractivity contribution in [2.75, 3.05) is 13.2 Å². The molecule has 4 heteroatoms. The summed E-state index contributed by atoms with van der Waals surface area (Å²) < 4.78 is 5.36. The van der Waals surface area contributed by atoms with Crippen LogP contribution in [0.4, 0.5) is 0 Å². The minimum atomic E-state index is 0.457. The monoisotopic (exact) mass is 231 g/mol. The summed E-state index contributed by atoms with van der Waals surface area (Å²) in [5, 5.41) is 1.11. The van der Waals surface area contributed by atoms with Crippen molar-refractivity contribution < 1.29 is 4.74 Å². The van der Waals surface area contributed by atoms with E-state index in [0.717, 1.165) is 0 Å². The molecule has 0 bridgehead atoms. The van der Waals surface area contributed by atoms with Crippen LogP contribution in [0.1, 0.15) is 0 Å². The number of halogens is 2. The highest BCUT2D eigenvalue weighted by atomic mass is 35.5. The van der Waals surface area contributed by atoms with Gasteiger partial charge in [-0.3, -0.25) is 0 Å². The smallest absolute Gasteiger partial charge is 0.138 e. The number of ether oxygens (including phenoxy) is 1. The first-order chi connectivity index (χ1) is 6.74. The Balaban J connectivity index is 2.55. The van der Waals surface area contributed by atoms with Gasteiger partial charge in [0.05, 0.1) is 5.02 Å². The number of rotatable bonds is 4. The molecule has 0 amide bonds. The molecule has 1 aromatic rings. The van der Waals surface area contributed by atoms with Crippen LogP contribution in [0, 0.1) is 0 Å². The summed E-state index contributed by atoms with van der Waals surface area (Å²) in [6, 6.07) is 5.11. The van der Waals surface area contributed by atoms with Crippen LogP contribution < -0.4 is 10.5 Å². The molecule has 0 aliphatic heterocycles. The van der Waals surface area contributed by atoms with Crippen LogP contribution in [0.3, 0.4) is 0 Å². The van der Waals surface area contributed by atoms with Crippen molar-refractivity contribution in [1.29, 1.82) is 0 Å². The first-order valence-corrected chi connectivity index (χ1v) is 4.92. The zero-order valence-electron chi connectivity index (χ0n) is 7.54. The van der Waals surface area contributed by atoms with Crippen LogP contribution in [-0.4, -0.2) is 13.2 Å². The van der Waals surface area contributed by atoms with Gasteiger partial charge in [-0.25, -0.2) is 0 Å². The average Bonchev–Trinajstić information content (AvgIpc) is 2.15. The number of benzene rings is 1. The highest BCUT2D eigenvalue weighted by Crippen LogP contribution is 2.27. The predicted molar refractivity (Wildman–Crippen MR) is 60.2 cm³/mol. The second-order valence-electron chi connectivity index (χ2n) is 2.59. The van der Waals surface area contributed by atoms with Crippen LogP contribution >= 0.6 is 23.2 Å². The Morgan fingerprint density at radius 1 is 1.29 bits per heavy atom. The summed E-state index contributed by atoms with van der Waals surface area (Å²) in [6.45, 7) is 0.969. The summed E-state index contributed by atoms with van der Waals surface area (Å²) in [7, 11) is 0. The fourth-order valence-electron chi connectivity index (χ4n) is 0.894. The van der Waals surface area contributed by atoms with Crippen molar-refractivity contribution in [3.63, 3.8) is 0 Å². The Morgan fingerprint density at radius 2 is 2.07 bits per heavy atom. The van der Waals surface area contributed by atoms with Gasteiger partial charge < -0.3 is 10.5 Å². The molecule has 0 aromatic heterocycles. The molecule has 0 radical (unpaired) electrons. The minimum absolute atomic E-state index is 0.457. The lowest BCUT2D eigenvalue weighted by Crippen LogP contribution is -1.97. The molecular weight excluding hydrogens is 221 g/mol. The summed E-state index contributed by atoms with van der Waals surface area (Å²) in [4.78, 5) is 0. The third kappa shape index (κ3) is 3.58. The predicted octanol–water partition coefficient (Wildman–Crippen LogP) is 2.89. The molecule has 0 unspecified atom stereocenters. The molecule has 0 fully saturated rings. The van der Waals surface area contributed by atoms with Crippen LogP contribution in [-0.2, 0) is 0 Å². The van der Waals surface area contributed by atoms with Gasteiger partial charge in [-0.1, -0.05) is 35.4 Å². The summed E-state index contributed by atoms with van der Waals surface area (Å²) >= 11 is 11.6. The van der Waals surface area contributed by atoms with E-state index in [1.54, 1.807) is 18.2 Å². The van der Waals surface area contributed by atoms with Gasteiger partial charge in [-0.15, -0.1) is 0 Å². The van der Waals surface area contributed by atoms with Crippen molar-refractivity contribution in [3.05, 3.63) is 40.4 Å². The average molecular weight is 232 g/mol. The van der Waals surface area contributed by atoms with Gasteiger partial charge in [0.15, 0.2) is 0 Å². The van der Waals surface area contributed by atoms with Crippen LogP contribution in [0.2, 0.25) is 10.0 Å². The third-order valence-electron chi connectivity index (χ3n) is 1.53. The van der Waals surface area contributed by atoms with E-state index in [0.29, 0.717) is 28.9 Å². The molecule has 0 heterocycles. The molecule has 0 aliphatic rings. The maximum absolute atomic E-state index is 5.88. The topological polar surface area (TPSA) is 35.2 Å². The Morgan fingerprint density at radius 3 is 2.71 bits per heavy atom. The Hall–Kier alpha value is -0.700. The van der Waals surface area contributed by atoms with E-state index in [-0.39, 0.29) is 0 Å². The molecule has 0 atom stereocenters. The molecular formula is C10H11Cl2NO. The molecule has 0 saturated carbocycles. The number of hydrogen-bond donors (Lipinski definition) is 1. The highest BCUT2D eigenvalue weighted by Gasteiger charge is 2.00.